The average molecular weight is 446 g/mol. The largest absolute Gasteiger partial charge is 0.494 e. The van der Waals surface area contributed by atoms with Gasteiger partial charge in [-0.05, 0) is 55.3 Å². The molecule has 0 bridgehead atoms. The summed E-state index contributed by atoms with van der Waals surface area (Å²) in [5.74, 6) is 1.06. The number of rotatable bonds is 10. The Labute approximate surface area is 193 Å². The molecule has 2 unspecified atom stereocenters. The molecule has 0 amide bonds. The molecule has 3 aromatic rings. The van der Waals surface area contributed by atoms with Gasteiger partial charge in [-0.3, -0.25) is 0 Å². The van der Waals surface area contributed by atoms with Crippen molar-refractivity contribution in [1.82, 2.24) is 4.98 Å². The Morgan fingerprint density at radius 2 is 1.73 bits per heavy atom. The minimum absolute atomic E-state index is 0.0795. The molecule has 2 aromatic carbocycles. The van der Waals surface area contributed by atoms with Gasteiger partial charge < -0.3 is 19.5 Å². The number of ether oxygens (including phenoxy) is 3. The Kier molecular flexibility index (Phi) is 8.25. The maximum atomic E-state index is 13.0. The zero-order valence-electron chi connectivity index (χ0n) is 18.9. The monoisotopic (exact) mass is 445 g/mol. The van der Waals surface area contributed by atoms with E-state index in [0.29, 0.717) is 23.9 Å². The van der Waals surface area contributed by atoms with Gasteiger partial charge in [0, 0.05) is 11.8 Å². The molecule has 170 valence electrons. The Morgan fingerprint density at radius 1 is 1.00 bits per heavy atom. The summed E-state index contributed by atoms with van der Waals surface area (Å²) in [6.07, 6.45) is -1.17. The summed E-state index contributed by atoms with van der Waals surface area (Å²) in [5, 5.41) is 12.8. The van der Waals surface area contributed by atoms with Crippen LogP contribution in [0.1, 0.15) is 32.6 Å². The second-order valence-electron chi connectivity index (χ2n) is 7.59. The maximum Gasteiger partial charge on any atom is 0.330 e. The highest BCUT2D eigenvalue weighted by atomic mass is 16.5. The van der Waals surface area contributed by atoms with Crippen molar-refractivity contribution in [3.05, 3.63) is 78.5 Å². The molecule has 7 heteroatoms. The molecule has 0 radical (unpaired) electrons. The van der Waals surface area contributed by atoms with Crippen LogP contribution >= 0.6 is 0 Å². The lowest BCUT2D eigenvalue weighted by molar-refractivity contribution is -0.149. The van der Waals surface area contributed by atoms with Crippen LogP contribution in [0.2, 0.25) is 0 Å². The second-order valence-corrected chi connectivity index (χ2v) is 7.59. The van der Waals surface area contributed by atoms with Crippen molar-refractivity contribution in [2.45, 2.75) is 32.9 Å². The first-order valence-electron chi connectivity index (χ1n) is 10.8. The lowest BCUT2D eigenvalue weighted by Crippen LogP contribution is -2.36. The second kappa shape index (κ2) is 11.5. The van der Waals surface area contributed by atoms with Crippen molar-refractivity contribution in [3.8, 4) is 23.4 Å². The third kappa shape index (κ3) is 6.71. The standard InChI is InChI=1S/C26H27N3O4/c1-4-31-20-15-13-19(14-16-20)28-25(18(2)3)26(30)33-23(17-27)22-11-8-12-24(29-22)32-21-9-6-5-7-10-21/h5-16,18,23,25,28H,4H2,1-3H3. The molecule has 1 heterocycles. The van der Waals surface area contributed by atoms with Gasteiger partial charge in [0.1, 0.15) is 23.6 Å². The molecule has 1 aromatic heterocycles. The number of carbonyl (C=O) groups is 1. The number of benzene rings is 2. The average Bonchev–Trinajstić information content (AvgIpc) is 2.82. The fourth-order valence-corrected chi connectivity index (χ4v) is 3.08. The third-order valence-electron chi connectivity index (χ3n) is 4.74. The van der Waals surface area contributed by atoms with E-state index in [4.69, 9.17) is 14.2 Å². The Balaban J connectivity index is 1.70. The summed E-state index contributed by atoms with van der Waals surface area (Å²) < 4.78 is 16.7. The van der Waals surface area contributed by atoms with E-state index in [9.17, 15) is 10.1 Å². The fraction of sp³-hybridized carbons (Fsp3) is 0.269. The molecule has 0 saturated heterocycles. The number of nitrogens with one attached hydrogen (secondary N) is 1. The molecule has 33 heavy (non-hydrogen) atoms. The minimum atomic E-state index is -1.17. The van der Waals surface area contributed by atoms with Crippen LogP contribution in [0.5, 0.6) is 17.4 Å². The van der Waals surface area contributed by atoms with Crippen molar-refractivity contribution >= 4 is 11.7 Å². The first kappa shape index (κ1) is 23.6. The van der Waals surface area contributed by atoms with E-state index in [-0.39, 0.29) is 5.92 Å². The number of anilines is 1. The molecule has 0 saturated carbocycles. The van der Waals surface area contributed by atoms with Gasteiger partial charge in [0.25, 0.3) is 0 Å². The predicted molar refractivity (Wildman–Crippen MR) is 125 cm³/mol. The highest BCUT2D eigenvalue weighted by Crippen LogP contribution is 2.24. The molecule has 7 nitrogen and oxygen atoms in total. The number of hydrogen-bond acceptors (Lipinski definition) is 7. The van der Waals surface area contributed by atoms with Gasteiger partial charge in [0.2, 0.25) is 12.0 Å². The van der Waals surface area contributed by atoms with Gasteiger partial charge in [0.15, 0.2) is 0 Å². The van der Waals surface area contributed by atoms with Gasteiger partial charge in [-0.15, -0.1) is 0 Å². The van der Waals surface area contributed by atoms with Crippen LogP contribution in [0, 0.1) is 17.2 Å². The number of nitrogens with zero attached hydrogens (tertiary/aromatic N) is 2. The highest BCUT2D eigenvalue weighted by molar-refractivity contribution is 5.80. The number of esters is 1. The molecule has 0 aliphatic rings. The van der Waals surface area contributed by atoms with E-state index in [1.54, 1.807) is 30.3 Å². The van der Waals surface area contributed by atoms with Gasteiger partial charge >= 0.3 is 5.97 Å². The number of para-hydroxylation sites is 1. The van der Waals surface area contributed by atoms with E-state index >= 15 is 0 Å². The van der Waals surface area contributed by atoms with Crippen LogP contribution in [-0.2, 0) is 9.53 Å². The molecular weight excluding hydrogens is 418 g/mol. The molecule has 1 N–H and O–H groups in total. The van der Waals surface area contributed by atoms with Crippen molar-refractivity contribution in [2.24, 2.45) is 5.92 Å². The quantitative estimate of drug-likeness (QED) is 0.411. The Hall–Kier alpha value is -4.05. The summed E-state index contributed by atoms with van der Waals surface area (Å²) in [4.78, 5) is 17.3. The topological polar surface area (TPSA) is 93.5 Å². The molecular formula is C26H27N3O4. The molecule has 0 aliphatic carbocycles. The zero-order chi connectivity index (χ0) is 23.6. The molecule has 0 fully saturated rings. The van der Waals surface area contributed by atoms with E-state index in [1.165, 1.54) is 0 Å². The summed E-state index contributed by atoms with van der Waals surface area (Å²) >= 11 is 0. The third-order valence-corrected chi connectivity index (χ3v) is 4.74. The van der Waals surface area contributed by atoms with Crippen LogP contribution in [0.25, 0.3) is 0 Å². The Morgan fingerprint density at radius 3 is 2.36 bits per heavy atom. The van der Waals surface area contributed by atoms with Crippen LogP contribution in [0.15, 0.2) is 72.8 Å². The van der Waals surface area contributed by atoms with Gasteiger partial charge in [-0.25, -0.2) is 9.78 Å². The number of nitriles is 1. The van der Waals surface area contributed by atoms with E-state index in [1.807, 2.05) is 69.3 Å². The zero-order valence-corrected chi connectivity index (χ0v) is 18.9. The minimum Gasteiger partial charge on any atom is -0.494 e. The normalized spacial score (nSPS) is 12.3. The van der Waals surface area contributed by atoms with E-state index < -0.39 is 18.1 Å². The van der Waals surface area contributed by atoms with Crippen molar-refractivity contribution < 1.29 is 19.0 Å². The summed E-state index contributed by atoms with van der Waals surface area (Å²) in [6.45, 7) is 6.30. The van der Waals surface area contributed by atoms with Gasteiger partial charge in [-0.2, -0.15) is 5.26 Å². The van der Waals surface area contributed by atoms with Crippen LogP contribution in [0.4, 0.5) is 5.69 Å². The Bertz CT molecular complexity index is 1080. The highest BCUT2D eigenvalue weighted by Gasteiger charge is 2.28. The number of pyridine rings is 1. The first-order valence-corrected chi connectivity index (χ1v) is 10.8. The summed E-state index contributed by atoms with van der Waals surface area (Å²) in [6, 6.07) is 22.9. The fourth-order valence-electron chi connectivity index (χ4n) is 3.08. The van der Waals surface area contributed by atoms with Crippen molar-refractivity contribution in [2.75, 3.05) is 11.9 Å². The molecule has 0 aliphatic heterocycles. The van der Waals surface area contributed by atoms with E-state index in [0.717, 1.165) is 11.4 Å². The molecule has 2 atom stereocenters. The number of hydrogen-bond donors (Lipinski definition) is 1. The summed E-state index contributed by atoms with van der Waals surface area (Å²) in [5.41, 5.74) is 1.04. The maximum absolute atomic E-state index is 13.0. The lowest BCUT2D eigenvalue weighted by atomic mass is 10.0. The van der Waals surface area contributed by atoms with Crippen molar-refractivity contribution in [3.63, 3.8) is 0 Å². The summed E-state index contributed by atoms with van der Waals surface area (Å²) in [7, 11) is 0. The number of aromatic nitrogens is 1. The van der Waals surface area contributed by atoms with Crippen LogP contribution in [0.3, 0.4) is 0 Å². The molecule has 0 spiro atoms. The molecule has 3 rings (SSSR count). The van der Waals surface area contributed by atoms with Gasteiger partial charge in [0.05, 0.1) is 12.3 Å². The van der Waals surface area contributed by atoms with E-state index in [2.05, 4.69) is 10.3 Å². The SMILES string of the molecule is CCOc1ccc(NC(C(=O)OC(C#N)c2cccc(Oc3ccccc3)n2)C(C)C)cc1. The van der Waals surface area contributed by atoms with Crippen molar-refractivity contribution in [1.29, 1.82) is 5.26 Å². The smallest absolute Gasteiger partial charge is 0.330 e. The predicted octanol–water partition coefficient (Wildman–Crippen LogP) is 5.52. The lowest BCUT2D eigenvalue weighted by Gasteiger charge is -2.23. The van der Waals surface area contributed by atoms with Gasteiger partial charge in [-0.1, -0.05) is 38.1 Å². The van der Waals surface area contributed by atoms with Crippen LogP contribution in [-0.4, -0.2) is 23.6 Å². The van der Waals surface area contributed by atoms with Crippen LogP contribution < -0.4 is 14.8 Å². The first-order chi connectivity index (χ1) is 16.0. The number of carbonyl (C=O) groups excluding carboxylic acids is 1.